The van der Waals surface area contributed by atoms with Gasteiger partial charge in [-0.15, -0.1) is 0 Å². The molecule has 0 aromatic rings. The zero-order valence-electron chi connectivity index (χ0n) is 7.63. The third-order valence-electron chi connectivity index (χ3n) is 3.76. The first kappa shape index (κ1) is 8.97. The van der Waals surface area contributed by atoms with Crippen LogP contribution in [0.1, 0.15) is 38.5 Å². The lowest BCUT2D eigenvalue weighted by atomic mass is 9.68. The van der Waals surface area contributed by atoms with E-state index in [1.807, 2.05) is 0 Å². The van der Waals surface area contributed by atoms with Gasteiger partial charge in [0, 0.05) is 0 Å². The Hall–Kier alpha value is -0.600. The van der Waals surface area contributed by atoms with Gasteiger partial charge < -0.3 is 5.11 Å². The van der Waals surface area contributed by atoms with Crippen molar-refractivity contribution < 1.29 is 14.3 Å². The van der Waals surface area contributed by atoms with E-state index in [0.717, 1.165) is 19.3 Å². The van der Waals surface area contributed by atoms with Crippen molar-refractivity contribution in [1.29, 1.82) is 0 Å². The number of hydrogen-bond acceptors (Lipinski definition) is 1. The largest absolute Gasteiger partial charge is 0.481 e. The second-order valence-electron chi connectivity index (χ2n) is 4.44. The van der Waals surface area contributed by atoms with Crippen molar-refractivity contribution in [2.45, 2.75) is 44.7 Å². The lowest BCUT2D eigenvalue weighted by molar-refractivity contribution is -0.153. The topological polar surface area (TPSA) is 37.3 Å². The van der Waals surface area contributed by atoms with Gasteiger partial charge in [-0.1, -0.05) is 12.8 Å². The van der Waals surface area contributed by atoms with E-state index in [1.54, 1.807) is 0 Å². The van der Waals surface area contributed by atoms with Crippen LogP contribution in [0, 0.1) is 11.3 Å². The van der Waals surface area contributed by atoms with Crippen LogP contribution in [0.15, 0.2) is 0 Å². The van der Waals surface area contributed by atoms with Crippen LogP contribution in [0.5, 0.6) is 0 Å². The van der Waals surface area contributed by atoms with Gasteiger partial charge in [-0.3, -0.25) is 4.79 Å². The van der Waals surface area contributed by atoms with E-state index in [9.17, 15) is 9.18 Å². The summed E-state index contributed by atoms with van der Waals surface area (Å²) < 4.78 is 13.2. The molecule has 0 aromatic heterocycles. The Morgan fingerprint density at radius 2 is 2.23 bits per heavy atom. The highest BCUT2D eigenvalue weighted by Gasteiger charge is 2.53. The fraction of sp³-hybridized carbons (Fsp3) is 0.900. The van der Waals surface area contributed by atoms with Crippen molar-refractivity contribution in [1.82, 2.24) is 0 Å². The van der Waals surface area contributed by atoms with Crippen molar-refractivity contribution in [2.24, 2.45) is 11.3 Å². The van der Waals surface area contributed by atoms with Crippen LogP contribution in [0.4, 0.5) is 4.39 Å². The second kappa shape index (κ2) is 2.96. The molecular weight excluding hydrogens is 171 g/mol. The molecule has 2 saturated carbocycles. The van der Waals surface area contributed by atoms with E-state index >= 15 is 0 Å². The first-order valence-electron chi connectivity index (χ1n) is 5.02. The minimum atomic E-state index is -0.876. The summed E-state index contributed by atoms with van der Waals surface area (Å²) in [7, 11) is 0. The number of aliphatic carboxylic acids is 1. The molecule has 0 amide bonds. The summed E-state index contributed by atoms with van der Waals surface area (Å²) in [6, 6.07) is 0. The number of fused-ring (bicyclic) bond motifs is 1. The third kappa shape index (κ3) is 1.25. The zero-order valence-corrected chi connectivity index (χ0v) is 7.63. The van der Waals surface area contributed by atoms with E-state index in [2.05, 4.69) is 0 Å². The molecule has 3 heteroatoms. The normalized spacial score (nSPS) is 44.4. The Morgan fingerprint density at radius 1 is 1.46 bits per heavy atom. The number of carboxylic acids is 1. The Kier molecular flexibility index (Phi) is 2.05. The van der Waals surface area contributed by atoms with Gasteiger partial charge in [0.25, 0.3) is 0 Å². The molecule has 2 aliphatic rings. The number of carboxylic acid groups (broad SMARTS) is 1. The lowest BCUT2D eigenvalue weighted by Gasteiger charge is -2.35. The molecule has 2 rings (SSSR count). The minimum absolute atomic E-state index is 0.105. The van der Waals surface area contributed by atoms with E-state index < -0.39 is 17.6 Å². The van der Waals surface area contributed by atoms with Crippen LogP contribution in [-0.2, 0) is 4.79 Å². The average molecular weight is 186 g/mol. The standard InChI is InChI=1S/C10H15FO2/c11-8-5-7-3-1-2-4-10(7,6-8)9(12)13/h7-8H,1-6H2,(H,12,13). The first-order valence-corrected chi connectivity index (χ1v) is 5.02. The fourth-order valence-electron chi connectivity index (χ4n) is 3.08. The fourth-order valence-corrected chi connectivity index (χ4v) is 3.08. The summed E-state index contributed by atoms with van der Waals surface area (Å²) in [6.45, 7) is 0. The molecule has 3 atom stereocenters. The highest BCUT2D eigenvalue weighted by atomic mass is 19.1. The Balaban J connectivity index is 2.24. The monoisotopic (exact) mass is 186 g/mol. The molecule has 1 N–H and O–H groups in total. The quantitative estimate of drug-likeness (QED) is 0.682. The molecule has 0 heterocycles. The van der Waals surface area contributed by atoms with Gasteiger partial charge in [0.2, 0.25) is 0 Å². The van der Waals surface area contributed by atoms with E-state index in [0.29, 0.717) is 12.8 Å². The number of carbonyl (C=O) groups is 1. The van der Waals surface area contributed by atoms with Gasteiger partial charge in [0.15, 0.2) is 0 Å². The molecule has 0 spiro atoms. The molecule has 2 aliphatic carbocycles. The number of alkyl halides is 1. The smallest absolute Gasteiger partial charge is 0.310 e. The molecule has 74 valence electrons. The summed E-state index contributed by atoms with van der Waals surface area (Å²) in [5.74, 6) is -0.661. The van der Waals surface area contributed by atoms with Crippen molar-refractivity contribution in [3.8, 4) is 0 Å². The van der Waals surface area contributed by atoms with E-state index in [4.69, 9.17) is 5.11 Å². The Labute approximate surface area is 77.1 Å². The van der Waals surface area contributed by atoms with E-state index in [-0.39, 0.29) is 12.3 Å². The molecule has 3 unspecified atom stereocenters. The highest BCUT2D eigenvalue weighted by molar-refractivity contribution is 5.75. The maximum Gasteiger partial charge on any atom is 0.310 e. The summed E-state index contributed by atoms with van der Waals surface area (Å²) in [5.41, 5.74) is -0.697. The number of rotatable bonds is 1. The average Bonchev–Trinajstić information content (AvgIpc) is 2.41. The van der Waals surface area contributed by atoms with Crippen LogP contribution in [0.2, 0.25) is 0 Å². The van der Waals surface area contributed by atoms with Crippen LogP contribution in [-0.4, -0.2) is 17.2 Å². The minimum Gasteiger partial charge on any atom is -0.481 e. The van der Waals surface area contributed by atoms with Gasteiger partial charge in [-0.2, -0.15) is 0 Å². The molecule has 0 bridgehead atoms. The predicted octanol–water partition coefficient (Wildman–Crippen LogP) is 2.38. The van der Waals surface area contributed by atoms with Gasteiger partial charge in [-0.05, 0) is 31.6 Å². The molecule has 0 aromatic carbocycles. The van der Waals surface area contributed by atoms with Gasteiger partial charge >= 0.3 is 5.97 Å². The Bertz CT molecular complexity index is 229. The molecule has 0 radical (unpaired) electrons. The number of hydrogen-bond donors (Lipinski definition) is 1. The van der Waals surface area contributed by atoms with Crippen LogP contribution in [0.3, 0.4) is 0 Å². The van der Waals surface area contributed by atoms with Crippen molar-refractivity contribution in [2.75, 3.05) is 0 Å². The maximum absolute atomic E-state index is 13.2. The summed E-state index contributed by atoms with van der Waals surface area (Å²) in [6.07, 6.45) is 3.49. The van der Waals surface area contributed by atoms with Gasteiger partial charge in [0.1, 0.15) is 6.17 Å². The second-order valence-corrected chi connectivity index (χ2v) is 4.44. The molecule has 0 saturated heterocycles. The molecule has 0 aliphatic heterocycles. The lowest BCUT2D eigenvalue weighted by Crippen LogP contribution is -2.37. The van der Waals surface area contributed by atoms with Gasteiger partial charge in [-0.25, -0.2) is 4.39 Å². The molecule has 13 heavy (non-hydrogen) atoms. The summed E-state index contributed by atoms with van der Waals surface area (Å²) >= 11 is 0. The van der Waals surface area contributed by atoms with Crippen LogP contribution < -0.4 is 0 Å². The van der Waals surface area contributed by atoms with Crippen molar-refractivity contribution in [3.05, 3.63) is 0 Å². The number of halogens is 1. The van der Waals surface area contributed by atoms with Crippen LogP contribution in [0.25, 0.3) is 0 Å². The Morgan fingerprint density at radius 3 is 2.85 bits per heavy atom. The third-order valence-corrected chi connectivity index (χ3v) is 3.76. The molecule has 2 fully saturated rings. The predicted molar refractivity (Wildman–Crippen MR) is 46.2 cm³/mol. The maximum atomic E-state index is 13.2. The molecular formula is C10H15FO2. The van der Waals surface area contributed by atoms with Crippen LogP contribution >= 0.6 is 0 Å². The van der Waals surface area contributed by atoms with Gasteiger partial charge in [0.05, 0.1) is 5.41 Å². The highest BCUT2D eigenvalue weighted by Crippen LogP contribution is 2.53. The molecule has 2 nitrogen and oxygen atoms in total. The summed E-state index contributed by atoms with van der Waals surface area (Å²) in [4.78, 5) is 11.1. The first-order chi connectivity index (χ1) is 6.15. The zero-order chi connectivity index (χ0) is 9.47. The van der Waals surface area contributed by atoms with Crippen molar-refractivity contribution >= 4 is 5.97 Å². The van der Waals surface area contributed by atoms with Crippen molar-refractivity contribution in [3.63, 3.8) is 0 Å². The SMILES string of the molecule is O=C(O)C12CCCCC1CC(F)C2. The van der Waals surface area contributed by atoms with E-state index in [1.165, 1.54) is 0 Å². The summed E-state index contributed by atoms with van der Waals surface area (Å²) in [5, 5.41) is 9.15.